The van der Waals surface area contributed by atoms with Crippen LogP contribution in [0.25, 0.3) is 0 Å². The SMILES string of the molecule is N#CCCN(c1ccccc1)c1ncc(Cl)cn1. The van der Waals surface area contributed by atoms with Gasteiger partial charge < -0.3 is 4.90 Å². The minimum Gasteiger partial charge on any atom is -0.310 e. The number of rotatable bonds is 4. The van der Waals surface area contributed by atoms with E-state index >= 15 is 0 Å². The summed E-state index contributed by atoms with van der Waals surface area (Å²) < 4.78 is 0. The zero-order chi connectivity index (χ0) is 12.8. The van der Waals surface area contributed by atoms with E-state index in [0.717, 1.165) is 5.69 Å². The number of hydrogen-bond donors (Lipinski definition) is 0. The van der Waals surface area contributed by atoms with Gasteiger partial charge in [-0.25, -0.2) is 9.97 Å². The van der Waals surface area contributed by atoms with Crippen molar-refractivity contribution in [2.45, 2.75) is 6.42 Å². The summed E-state index contributed by atoms with van der Waals surface area (Å²) >= 11 is 5.77. The molecule has 90 valence electrons. The third-order valence-corrected chi connectivity index (χ3v) is 2.56. The Bertz CT molecular complexity index is 533. The first-order valence-corrected chi connectivity index (χ1v) is 5.86. The normalized spacial score (nSPS) is 9.78. The molecule has 0 aliphatic rings. The Balaban J connectivity index is 2.31. The van der Waals surface area contributed by atoms with Gasteiger partial charge in [0.15, 0.2) is 0 Å². The molecule has 0 N–H and O–H groups in total. The molecule has 0 atom stereocenters. The molecule has 0 fully saturated rings. The quantitative estimate of drug-likeness (QED) is 0.845. The Labute approximate surface area is 110 Å². The van der Waals surface area contributed by atoms with Gasteiger partial charge >= 0.3 is 0 Å². The number of nitrogens with zero attached hydrogens (tertiary/aromatic N) is 4. The van der Waals surface area contributed by atoms with Gasteiger partial charge in [0, 0.05) is 12.2 Å². The second kappa shape index (κ2) is 5.99. The Morgan fingerprint density at radius 3 is 2.44 bits per heavy atom. The van der Waals surface area contributed by atoms with Crippen molar-refractivity contribution in [2.24, 2.45) is 0 Å². The molecule has 18 heavy (non-hydrogen) atoms. The van der Waals surface area contributed by atoms with Crippen LogP contribution in [0, 0.1) is 11.3 Å². The summed E-state index contributed by atoms with van der Waals surface area (Å²) in [5, 5.41) is 9.21. The molecule has 1 heterocycles. The van der Waals surface area contributed by atoms with Gasteiger partial charge in [-0.15, -0.1) is 0 Å². The van der Waals surface area contributed by atoms with E-state index in [9.17, 15) is 0 Å². The predicted octanol–water partition coefficient (Wildman–Crippen LogP) is 3.18. The number of nitriles is 1. The third-order valence-electron chi connectivity index (χ3n) is 2.36. The summed E-state index contributed by atoms with van der Waals surface area (Å²) in [6, 6.07) is 11.8. The van der Waals surface area contributed by atoms with Gasteiger partial charge in [0.2, 0.25) is 5.95 Å². The Kier molecular flexibility index (Phi) is 4.11. The van der Waals surface area contributed by atoms with Gasteiger partial charge in [-0.1, -0.05) is 29.8 Å². The van der Waals surface area contributed by atoms with Crippen molar-refractivity contribution in [3.63, 3.8) is 0 Å². The lowest BCUT2D eigenvalue weighted by molar-refractivity contribution is 0.898. The van der Waals surface area contributed by atoms with Crippen molar-refractivity contribution in [1.29, 1.82) is 5.26 Å². The van der Waals surface area contributed by atoms with E-state index in [-0.39, 0.29) is 0 Å². The monoisotopic (exact) mass is 258 g/mol. The summed E-state index contributed by atoms with van der Waals surface area (Å²) in [5.41, 5.74) is 0.954. The molecule has 5 heteroatoms. The van der Waals surface area contributed by atoms with Crippen LogP contribution in [0.4, 0.5) is 11.6 Å². The first-order valence-electron chi connectivity index (χ1n) is 5.48. The van der Waals surface area contributed by atoms with Gasteiger partial charge in [-0.3, -0.25) is 0 Å². The molecule has 0 spiro atoms. The van der Waals surface area contributed by atoms with Crippen molar-refractivity contribution in [3.8, 4) is 6.07 Å². The van der Waals surface area contributed by atoms with Crippen LogP contribution < -0.4 is 4.90 Å². The molecule has 0 unspecified atom stereocenters. The molecule has 1 aromatic carbocycles. The second-order valence-corrected chi connectivity index (χ2v) is 4.03. The average molecular weight is 259 g/mol. The maximum absolute atomic E-state index is 8.71. The van der Waals surface area contributed by atoms with E-state index in [1.54, 1.807) is 12.4 Å². The summed E-state index contributed by atoms with van der Waals surface area (Å²) in [6.07, 6.45) is 3.50. The molecule has 0 radical (unpaired) electrons. The topological polar surface area (TPSA) is 52.8 Å². The standard InChI is InChI=1S/C13H11ClN4/c14-11-9-16-13(17-10-11)18(8-4-7-15)12-5-2-1-3-6-12/h1-3,5-6,9-10H,4,8H2. The average Bonchev–Trinajstić information content (AvgIpc) is 2.42. The van der Waals surface area contributed by atoms with E-state index in [1.165, 1.54) is 0 Å². The van der Waals surface area contributed by atoms with Crippen molar-refractivity contribution >= 4 is 23.2 Å². The highest BCUT2D eigenvalue weighted by Crippen LogP contribution is 2.22. The lowest BCUT2D eigenvalue weighted by Gasteiger charge is -2.21. The van der Waals surface area contributed by atoms with Gasteiger partial charge in [-0.05, 0) is 12.1 Å². The maximum atomic E-state index is 8.71. The molecule has 0 bridgehead atoms. The Hall–Kier alpha value is -2.12. The molecule has 2 aromatic rings. The summed E-state index contributed by atoms with van der Waals surface area (Å²) in [7, 11) is 0. The lowest BCUT2D eigenvalue weighted by atomic mass is 10.3. The zero-order valence-corrected chi connectivity index (χ0v) is 10.4. The minimum absolute atomic E-state index is 0.404. The van der Waals surface area contributed by atoms with Crippen LogP contribution in [0.1, 0.15) is 6.42 Å². The lowest BCUT2D eigenvalue weighted by Crippen LogP contribution is -2.20. The van der Waals surface area contributed by atoms with Gasteiger partial charge in [0.25, 0.3) is 0 Å². The van der Waals surface area contributed by atoms with E-state index in [1.807, 2.05) is 35.2 Å². The second-order valence-electron chi connectivity index (χ2n) is 3.60. The summed E-state index contributed by atoms with van der Waals surface area (Å²) in [4.78, 5) is 10.3. The van der Waals surface area contributed by atoms with Gasteiger partial charge in [0.1, 0.15) is 0 Å². The van der Waals surface area contributed by atoms with E-state index in [2.05, 4.69) is 16.0 Å². The Morgan fingerprint density at radius 2 is 1.83 bits per heavy atom. The van der Waals surface area contributed by atoms with Crippen molar-refractivity contribution in [1.82, 2.24) is 9.97 Å². The van der Waals surface area contributed by atoms with Crippen molar-refractivity contribution in [3.05, 3.63) is 47.7 Å². The van der Waals surface area contributed by atoms with Crippen LogP contribution in [0.2, 0.25) is 5.02 Å². The fourth-order valence-corrected chi connectivity index (χ4v) is 1.66. The molecule has 0 amide bonds. The molecule has 0 saturated carbocycles. The summed E-state index contributed by atoms with van der Waals surface area (Å²) in [6.45, 7) is 0.544. The van der Waals surface area contributed by atoms with Crippen molar-refractivity contribution in [2.75, 3.05) is 11.4 Å². The van der Waals surface area contributed by atoms with Crippen LogP contribution in [0.15, 0.2) is 42.7 Å². The fourth-order valence-electron chi connectivity index (χ4n) is 1.56. The highest BCUT2D eigenvalue weighted by molar-refractivity contribution is 6.30. The van der Waals surface area contributed by atoms with E-state index in [0.29, 0.717) is 23.9 Å². The van der Waals surface area contributed by atoms with Crippen LogP contribution in [-0.2, 0) is 0 Å². The highest BCUT2D eigenvalue weighted by Gasteiger charge is 2.11. The third kappa shape index (κ3) is 2.96. The van der Waals surface area contributed by atoms with E-state index in [4.69, 9.17) is 16.9 Å². The zero-order valence-electron chi connectivity index (χ0n) is 9.62. The number of para-hydroxylation sites is 1. The van der Waals surface area contributed by atoms with Crippen LogP contribution in [0.5, 0.6) is 0 Å². The minimum atomic E-state index is 0.404. The Morgan fingerprint density at radius 1 is 1.17 bits per heavy atom. The number of hydrogen-bond acceptors (Lipinski definition) is 4. The van der Waals surface area contributed by atoms with Crippen LogP contribution >= 0.6 is 11.6 Å². The number of anilines is 2. The largest absolute Gasteiger partial charge is 0.310 e. The molecular formula is C13H11ClN4. The van der Waals surface area contributed by atoms with Crippen LogP contribution in [0.3, 0.4) is 0 Å². The van der Waals surface area contributed by atoms with Crippen molar-refractivity contribution < 1.29 is 0 Å². The maximum Gasteiger partial charge on any atom is 0.229 e. The smallest absolute Gasteiger partial charge is 0.229 e. The first kappa shape index (κ1) is 12.3. The van der Waals surface area contributed by atoms with E-state index < -0.39 is 0 Å². The molecule has 0 saturated heterocycles. The molecule has 2 rings (SSSR count). The molecule has 0 aliphatic carbocycles. The first-order chi connectivity index (χ1) is 8.81. The molecular weight excluding hydrogens is 248 g/mol. The number of aromatic nitrogens is 2. The molecule has 0 aliphatic heterocycles. The number of halogens is 1. The van der Waals surface area contributed by atoms with Gasteiger partial charge in [-0.2, -0.15) is 5.26 Å². The summed E-state index contributed by atoms with van der Waals surface area (Å²) in [5.74, 6) is 0.542. The fraction of sp³-hybridized carbons (Fsp3) is 0.154. The van der Waals surface area contributed by atoms with Gasteiger partial charge in [0.05, 0.1) is 29.9 Å². The molecule has 1 aromatic heterocycles. The molecule has 4 nitrogen and oxygen atoms in total. The number of benzene rings is 1. The predicted molar refractivity (Wildman–Crippen MR) is 70.7 cm³/mol. The van der Waals surface area contributed by atoms with Crippen LogP contribution in [-0.4, -0.2) is 16.5 Å². The highest BCUT2D eigenvalue weighted by atomic mass is 35.5.